The quantitative estimate of drug-likeness (QED) is 0.557. The van der Waals surface area contributed by atoms with Crippen LogP contribution >= 0.6 is 0 Å². The molecule has 4 aliphatic carbocycles. The van der Waals surface area contributed by atoms with E-state index >= 15 is 0 Å². The summed E-state index contributed by atoms with van der Waals surface area (Å²) in [6.07, 6.45) is 9.63. The summed E-state index contributed by atoms with van der Waals surface area (Å²) in [5, 5.41) is 11.9. The summed E-state index contributed by atoms with van der Waals surface area (Å²) >= 11 is 0. The number of aliphatic hydroxyl groups is 1. The van der Waals surface area contributed by atoms with E-state index in [0.717, 1.165) is 25.7 Å². The molecule has 0 radical (unpaired) electrons. The molecule has 0 aliphatic heterocycles. The Morgan fingerprint density at radius 3 is 2.67 bits per heavy atom. The molecule has 0 heterocycles. The Kier molecular flexibility index (Phi) is 5.12. The molecule has 0 aromatic heterocycles. The first-order valence-electron chi connectivity index (χ1n) is 11.4. The van der Waals surface area contributed by atoms with Crippen LogP contribution in [0, 0.1) is 28.6 Å². The number of rotatable bonds is 4. The molecule has 2 unspecified atom stereocenters. The average Bonchev–Trinajstić information content (AvgIpc) is 2.94. The molecule has 2 saturated carbocycles. The van der Waals surface area contributed by atoms with Crippen molar-refractivity contribution in [3.05, 3.63) is 23.3 Å². The Morgan fingerprint density at radius 1 is 1.27 bits per heavy atom. The van der Waals surface area contributed by atoms with Gasteiger partial charge in [-0.2, -0.15) is 0 Å². The highest BCUT2D eigenvalue weighted by molar-refractivity contribution is 5.92. The Balaban J connectivity index is 1.72. The van der Waals surface area contributed by atoms with Crippen LogP contribution in [0.4, 0.5) is 0 Å². The fraction of sp³-hybridized carbons (Fsp3) is 0.720. The molecule has 0 amide bonds. The number of Topliss-reactive ketones (excluding diaryl/α,β-unsaturated/α-hetero) is 1. The summed E-state index contributed by atoms with van der Waals surface area (Å²) in [5.41, 5.74) is 0.560. The number of ketones is 2. The van der Waals surface area contributed by atoms with Gasteiger partial charge in [0.05, 0.1) is 0 Å². The zero-order chi connectivity index (χ0) is 21.9. The van der Waals surface area contributed by atoms with Crippen LogP contribution < -0.4 is 0 Å². The van der Waals surface area contributed by atoms with Crippen LogP contribution in [0.3, 0.4) is 0 Å². The third-order valence-corrected chi connectivity index (χ3v) is 9.05. The molecule has 0 spiro atoms. The predicted molar refractivity (Wildman–Crippen MR) is 112 cm³/mol. The molecular formula is C25H34O5. The first-order chi connectivity index (χ1) is 14.1. The van der Waals surface area contributed by atoms with Gasteiger partial charge in [0.2, 0.25) is 5.78 Å². The van der Waals surface area contributed by atoms with Crippen LogP contribution in [0.25, 0.3) is 0 Å². The summed E-state index contributed by atoms with van der Waals surface area (Å²) in [5.74, 6) is -0.233. The lowest BCUT2D eigenvalue weighted by molar-refractivity contribution is -0.168. The van der Waals surface area contributed by atoms with Gasteiger partial charge in [-0.3, -0.25) is 14.4 Å². The van der Waals surface area contributed by atoms with Crippen molar-refractivity contribution in [3.8, 4) is 0 Å². The van der Waals surface area contributed by atoms with Crippen LogP contribution in [0.1, 0.15) is 72.6 Å². The zero-order valence-corrected chi connectivity index (χ0v) is 18.6. The summed E-state index contributed by atoms with van der Waals surface area (Å²) < 4.78 is 5.00. The molecule has 0 aromatic carbocycles. The average molecular weight is 415 g/mol. The number of ether oxygens (including phenoxy) is 1. The maximum Gasteiger partial charge on any atom is 0.303 e. The minimum absolute atomic E-state index is 0.0671. The smallest absolute Gasteiger partial charge is 0.303 e. The van der Waals surface area contributed by atoms with Crippen LogP contribution in [0.15, 0.2) is 23.3 Å². The summed E-state index contributed by atoms with van der Waals surface area (Å²) in [7, 11) is 0. The number of carbonyl (C=O) groups is 3. The monoisotopic (exact) mass is 414 g/mol. The number of allylic oxidation sites excluding steroid dienone is 4. The zero-order valence-electron chi connectivity index (χ0n) is 18.6. The Morgan fingerprint density at radius 2 is 2.00 bits per heavy atom. The first kappa shape index (κ1) is 21.5. The molecular weight excluding hydrogens is 380 g/mol. The van der Waals surface area contributed by atoms with Gasteiger partial charge in [0.1, 0.15) is 5.60 Å². The number of carbonyl (C=O) groups excluding carboxylic acids is 3. The molecule has 0 saturated heterocycles. The summed E-state index contributed by atoms with van der Waals surface area (Å²) in [6.45, 7) is 7.28. The van der Waals surface area contributed by atoms with Gasteiger partial charge < -0.3 is 9.84 Å². The van der Waals surface area contributed by atoms with Crippen molar-refractivity contribution in [2.24, 2.45) is 28.6 Å². The van der Waals surface area contributed by atoms with E-state index in [4.69, 9.17) is 4.74 Å². The highest BCUT2D eigenvalue weighted by atomic mass is 16.5. The standard InChI is InChI=1S/C25H34O5/c1-5-16-13-21-19-7-6-17-12-18(27)8-10-23(17,3)20(19)9-11-24(21,4)25(16,29)22(28)14-30-15(2)26/h9,12,16,19,21,29H,5-8,10-11,13-14H2,1-4H3/t16-,19?,21?,23+,24+,25+/m1/s1. The van der Waals surface area contributed by atoms with E-state index in [9.17, 15) is 19.5 Å². The van der Waals surface area contributed by atoms with Gasteiger partial charge in [-0.15, -0.1) is 0 Å². The molecule has 5 heteroatoms. The molecule has 4 aliphatic rings. The van der Waals surface area contributed by atoms with Crippen molar-refractivity contribution in [2.45, 2.75) is 78.2 Å². The van der Waals surface area contributed by atoms with Gasteiger partial charge in [-0.05, 0) is 55.9 Å². The first-order valence-corrected chi connectivity index (χ1v) is 11.4. The minimum atomic E-state index is -1.48. The van der Waals surface area contributed by atoms with Crippen LogP contribution in [-0.2, 0) is 19.1 Å². The molecule has 5 nitrogen and oxygen atoms in total. The molecule has 30 heavy (non-hydrogen) atoms. The van der Waals surface area contributed by atoms with E-state index < -0.39 is 17.0 Å². The van der Waals surface area contributed by atoms with Gasteiger partial charge in [-0.1, -0.05) is 44.4 Å². The van der Waals surface area contributed by atoms with E-state index in [-0.39, 0.29) is 35.4 Å². The minimum Gasteiger partial charge on any atom is -0.458 e. The number of esters is 1. The fourth-order valence-corrected chi connectivity index (χ4v) is 7.32. The molecule has 2 fully saturated rings. The van der Waals surface area contributed by atoms with Crippen molar-refractivity contribution in [1.82, 2.24) is 0 Å². The lowest BCUT2D eigenvalue weighted by Gasteiger charge is -2.54. The second-order valence-corrected chi connectivity index (χ2v) is 10.3. The van der Waals surface area contributed by atoms with Crippen LogP contribution in [-0.4, -0.2) is 34.9 Å². The second-order valence-electron chi connectivity index (χ2n) is 10.3. The largest absolute Gasteiger partial charge is 0.458 e. The maximum atomic E-state index is 13.2. The van der Waals surface area contributed by atoms with Gasteiger partial charge in [-0.25, -0.2) is 0 Å². The maximum absolute atomic E-state index is 13.2. The highest BCUT2D eigenvalue weighted by Crippen LogP contribution is 2.67. The SMILES string of the molecule is CC[C@@H]1CC2C3CCC4=CC(=O)CC[C@]4(C)C3=CC[C@]2(C)[C@@]1(O)C(=O)COC(C)=O. The van der Waals surface area contributed by atoms with E-state index in [2.05, 4.69) is 19.9 Å². The summed E-state index contributed by atoms with van der Waals surface area (Å²) in [6, 6.07) is 0. The second kappa shape index (κ2) is 7.15. The van der Waals surface area contributed by atoms with Gasteiger partial charge in [0.15, 0.2) is 12.4 Å². The van der Waals surface area contributed by atoms with Crippen molar-refractivity contribution in [1.29, 1.82) is 0 Å². The Labute approximate surface area is 178 Å². The van der Waals surface area contributed by atoms with Gasteiger partial charge in [0, 0.05) is 24.2 Å². The molecule has 0 aromatic rings. The molecule has 1 N–H and O–H groups in total. The van der Waals surface area contributed by atoms with Gasteiger partial charge >= 0.3 is 5.97 Å². The topological polar surface area (TPSA) is 80.7 Å². The molecule has 164 valence electrons. The van der Waals surface area contributed by atoms with Gasteiger partial charge in [0.25, 0.3) is 0 Å². The summed E-state index contributed by atoms with van der Waals surface area (Å²) in [4.78, 5) is 36.5. The van der Waals surface area contributed by atoms with Crippen molar-refractivity contribution >= 4 is 17.5 Å². The number of hydrogen-bond acceptors (Lipinski definition) is 5. The van der Waals surface area contributed by atoms with E-state index in [1.807, 2.05) is 13.0 Å². The Hall–Kier alpha value is -1.75. The van der Waals surface area contributed by atoms with E-state index in [1.54, 1.807) is 0 Å². The van der Waals surface area contributed by atoms with Crippen LogP contribution in [0.5, 0.6) is 0 Å². The van der Waals surface area contributed by atoms with Crippen molar-refractivity contribution in [2.75, 3.05) is 6.61 Å². The molecule has 4 rings (SSSR count). The fourth-order valence-electron chi connectivity index (χ4n) is 7.32. The van der Waals surface area contributed by atoms with Crippen molar-refractivity contribution < 1.29 is 24.2 Å². The number of hydrogen-bond donors (Lipinski definition) is 1. The van der Waals surface area contributed by atoms with Crippen LogP contribution in [0.2, 0.25) is 0 Å². The number of fused-ring (bicyclic) bond motifs is 5. The third-order valence-electron chi connectivity index (χ3n) is 9.05. The molecule has 6 atom stereocenters. The van der Waals surface area contributed by atoms with Crippen molar-refractivity contribution in [3.63, 3.8) is 0 Å². The predicted octanol–water partition coefficient (Wildman–Crippen LogP) is 3.94. The van der Waals surface area contributed by atoms with E-state index in [1.165, 1.54) is 18.1 Å². The molecule has 0 bridgehead atoms. The Bertz CT molecular complexity index is 854. The lowest BCUT2D eigenvalue weighted by atomic mass is 9.50. The highest BCUT2D eigenvalue weighted by Gasteiger charge is 2.67. The third kappa shape index (κ3) is 2.80. The normalized spacial score (nSPS) is 42.4. The lowest BCUT2D eigenvalue weighted by Crippen LogP contribution is -2.58. The van der Waals surface area contributed by atoms with E-state index in [0.29, 0.717) is 25.2 Å².